The number of aromatic amines is 1. The smallest absolute Gasteiger partial charge is 0.352 e. The summed E-state index contributed by atoms with van der Waals surface area (Å²) in [5.41, 5.74) is -1.54. The van der Waals surface area contributed by atoms with Crippen molar-refractivity contribution in [2.24, 2.45) is 5.16 Å². The summed E-state index contributed by atoms with van der Waals surface area (Å²) in [6, 6.07) is 2.09. The summed E-state index contributed by atoms with van der Waals surface area (Å²) in [6.45, 7) is 1.86. The van der Waals surface area contributed by atoms with Crippen LogP contribution in [0.5, 0.6) is 0 Å². The fourth-order valence-electron chi connectivity index (χ4n) is 3.59. The first kappa shape index (κ1) is 25.3. The van der Waals surface area contributed by atoms with Gasteiger partial charge in [-0.3, -0.25) is 29.1 Å². The molecule has 2 aliphatic heterocycles. The first-order valence-corrected chi connectivity index (χ1v) is 12.5. The van der Waals surface area contributed by atoms with Gasteiger partial charge in [-0.05, 0) is 24.6 Å². The summed E-state index contributed by atoms with van der Waals surface area (Å²) in [7, 11) is 1.26. The second-order valence-electron chi connectivity index (χ2n) is 7.39. The number of carbonyl (C=O) groups excluding carboxylic acids is 2. The highest BCUT2D eigenvalue weighted by atomic mass is 32.2. The van der Waals surface area contributed by atoms with Crippen molar-refractivity contribution < 1.29 is 28.7 Å². The summed E-state index contributed by atoms with van der Waals surface area (Å²) in [4.78, 5) is 69.5. The minimum atomic E-state index is -1.30. The number of aromatic nitrogens is 3. The van der Waals surface area contributed by atoms with Crippen molar-refractivity contribution in [1.82, 2.24) is 25.0 Å². The lowest BCUT2D eigenvalue weighted by Crippen LogP contribution is -2.71. The van der Waals surface area contributed by atoms with E-state index in [1.165, 1.54) is 31.2 Å². The number of aryl methyl sites for hydroxylation is 1. The maximum Gasteiger partial charge on any atom is 0.352 e. The zero-order chi connectivity index (χ0) is 26.0. The van der Waals surface area contributed by atoms with E-state index in [1.54, 1.807) is 13.0 Å². The predicted octanol–water partition coefficient (Wildman–Crippen LogP) is -0.574. The largest absolute Gasteiger partial charge is 0.477 e. The SMILES string of the molecule is CCn1nc(SCC2=C(C(=O)O)N3C(=O)[C@@H](NC(=O)C(=NOC)c4ccco4)[C@H]3SC2)[nH]c(=O)c1=O. The maximum absolute atomic E-state index is 12.9. The molecule has 16 heteroatoms. The molecule has 2 aromatic rings. The van der Waals surface area contributed by atoms with Crippen molar-refractivity contribution in [3.05, 3.63) is 56.1 Å². The molecule has 0 saturated carbocycles. The molecule has 2 aromatic heterocycles. The number of carboxylic acid groups (broad SMARTS) is 1. The zero-order valence-corrected chi connectivity index (χ0v) is 20.6. The molecule has 36 heavy (non-hydrogen) atoms. The van der Waals surface area contributed by atoms with Gasteiger partial charge < -0.3 is 19.7 Å². The molecule has 0 aliphatic carbocycles. The molecule has 2 aliphatic rings. The maximum atomic E-state index is 12.9. The number of hydrogen-bond acceptors (Lipinski definition) is 11. The quantitative estimate of drug-likeness (QED) is 0.122. The molecule has 2 atom stereocenters. The molecule has 4 rings (SSSR count). The first-order valence-electron chi connectivity index (χ1n) is 10.5. The molecule has 2 amide bonds. The Balaban J connectivity index is 1.51. The molecule has 14 nitrogen and oxygen atoms in total. The van der Waals surface area contributed by atoms with Gasteiger partial charge in [-0.2, -0.15) is 0 Å². The molecule has 3 N–H and O–H groups in total. The highest BCUT2D eigenvalue weighted by Crippen LogP contribution is 2.41. The molecule has 0 spiro atoms. The number of aliphatic carboxylic acids is 1. The summed E-state index contributed by atoms with van der Waals surface area (Å²) >= 11 is 2.32. The third kappa shape index (κ3) is 4.68. The van der Waals surface area contributed by atoms with Gasteiger partial charge in [0, 0.05) is 18.1 Å². The Morgan fingerprint density at radius 3 is 2.83 bits per heavy atom. The topological polar surface area (TPSA) is 189 Å². The van der Waals surface area contributed by atoms with Crippen molar-refractivity contribution in [1.29, 1.82) is 0 Å². The normalized spacial score (nSPS) is 19.6. The van der Waals surface area contributed by atoms with E-state index in [0.717, 1.165) is 21.3 Å². The Hall–Kier alpha value is -3.79. The van der Waals surface area contributed by atoms with Crippen LogP contribution in [0.25, 0.3) is 0 Å². The number of carbonyl (C=O) groups is 3. The van der Waals surface area contributed by atoms with Crippen LogP contribution in [0, 0.1) is 0 Å². The van der Waals surface area contributed by atoms with Crippen LogP contribution in [0.4, 0.5) is 0 Å². The summed E-state index contributed by atoms with van der Waals surface area (Å²) < 4.78 is 6.19. The van der Waals surface area contributed by atoms with E-state index < -0.39 is 40.3 Å². The second-order valence-corrected chi connectivity index (χ2v) is 9.46. The van der Waals surface area contributed by atoms with Crippen molar-refractivity contribution in [3.63, 3.8) is 0 Å². The average Bonchev–Trinajstić information content (AvgIpc) is 3.40. The lowest BCUT2D eigenvalue weighted by atomic mass is 10.0. The number of fused-ring (bicyclic) bond motifs is 1. The summed E-state index contributed by atoms with van der Waals surface area (Å²) in [6.07, 6.45) is 1.35. The number of carboxylic acids is 1. The van der Waals surface area contributed by atoms with Crippen LogP contribution >= 0.6 is 23.5 Å². The molecule has 0 aromatic carbocycles. The predicted molar refractivity (Wildman–Crippen MR) is 127 cm³/mol. The molecule has 0 radical (unpaired) electrons. The van der Waals surface area contributed by atoms with Gasteiger partial charge in [-0.25, -0.2) is 9.48 Å². The van der Waals surface area contributed by atoms with Gasteiger partial charge in [0.15, 0.2) is 10.9 Å². The van der Waals surface area contributed by atoms with E-state index in [1.807, 2.05) is 0 Å². The minimum absolute atomic E-state index is 0.107. The lowest BCUT2D eigenvalue weighted by molar-refractivity contribution is -0.150. The first-order chi connectivity index (χ1) is 17.3. The molecular formula is C20H20N6O8S2. The van der Waals surface area contributed by atoms with Gasteiger partial charge in [0.05, 0.1) is 6.26 Å². The molecule has 0 unspecified atom stereocenters. The van der Waals surface area contributed by atoms with Crippen molar-refractivity contribution >= 4 is 47.0 Å². The fourth-order valence-corrected chi connectivity index (χ4v) is 5.94. The number of amides is 2. The molecule has 190 valence electrons. The molecule has 4 heterocycles. The number of rotatable bonds is 9. The van der Waals surface area contributed by atoms with Gasteiger partial charge in [0.2, 0.25) is 5.71 Å². The highest BCUT2D eigenvalue weighted by Gasteiger charge is 2.54. The van der Waals surface area contributed by atoms with E-state index in [2.05, 4.69) is 20.6 Å². The third-order valence-corrected chi connectivity index (χ3v) is 7.52. The number of hydrogen-bond donors (Lipinski definition) is 3. The molecule has 0 bridgehead atoms. The molecule has 1 fully saturated rings. The summed E-state index contributed by atoms with van der Waals surface area (Å²) in [5.74, 6) is -2.11. The van der Waals surface area contributed by atoms with Crippen LogP contribution in [0.2, 0.25) is 0 Å². The van der Waals surface area contributed by atoms with Crippen molar-refractivity contribution in [2.45, 2.75) is 30.0 Å². The summed E-state index contributed by atoms with van der Waals surface area (Å²) in [5, 5.41) is 19.6. The van der Waals surface area contributed by atoms with Crippen LogP contribution < -0.4 is 16.4 Å². The van der Waals surface area contributed by atoms with Crippen LogP contribution in [-0.2, 0) is 25.8 Å². The van der Waals surface area contributed by atoms with Crippen LogP contribution in [0.3, 0.4) is 0 Å². The Morgan fingerprint density at radius 2 is 2.19 bits per heavy atom. The Labute approximate surface area is 210 Å². The van der Waals surface area contributed by atoms with E-state index in [9.17, 15) is 29.1 Å². The Kier molecular flexibility index (Phi) is 7.35. The van der Waals surface area contributed by atoms with Crippen LogP contribution in [0.1, 0.15) is 12.7 Å². The van der Waals surface area contributed by atoms with Gasteiger partial charge >= 0.3 is 17.1 Å². The number of β-lactam (4-membered cyclic amide) rings is 1. The third-order valence-electron chi connectivity index (χ3n) is 5.23. The van der Waals surface area contributed by atoms with E-state index in [0.29, 0.717) is 5.57 Å². The van der Waals surface area contributed by atoms with E-state index >= 15 is 0 Å². The number of oxime groups is 1. The van der Waals surface area contributed by atoms with Gasteiger partial charge in [0.25, 0.3) is 11.8 Å². The number of furan rings is 1. The van der Waals surface area contributed by atoms with Gasteiger partial charge in [-0.15, -0.1) is 16.9 Å². The van der Waals surface area contributed by atoms with E-state index in [4.69, 9.17) is 9.25 Å². The second kappa shape index (κ2) is 10.4. The van der Waals surface area contributed by atoms with Crippen molar-refractivity contribution in [2.75, 3.05) is 18.6 Å². The number of thioether (sulfide) groups is 2. The number of H-pyrrole nitrogens is 1. The van der Waals surface area contributed by atoms with Crippen LogP contribution in [0.15, 0.2) is 54.0 Å². The Bertz CT molecular complexity index is 1380. The molecular weight excluding hydrogens is 516 g/mol. The monoisotopic (exact) mass is 536 g/mol. The molecule has 1 saturated heterocycles. The number of nitrogens with one attached hydrogen (secondary N) is 2. The van der Waals surface area contributed by atoms with Crippen molar-refractivity contribution in [3.8, 4) is 0 Å². The highest BCUT2D eigenvalue weighted by molar-refractivity contribution is 8.01. The lowest BCUT2D eigenvalue weighted by Gasteiger charge is -2.49. The van der Waals surface area contributed by atoms with E-state index in [-0.39, 0.29) is 40.4 Å². The standard InChI is InChI=1S/C20H20N6O8S2/c1-3-25-17(30)15(28)22-20(23-25)36-8-9-7-35-18-12(16(29)26(18)13(9)19(31)32)21-14(27)11(24-33-2)10-5-4-6-34-10/h4-6,12,18H,3,7-8H2,1-2H3,(H,21,27)(H,31,32)(H,22,23,28)/t12-,18-/m1/s1. The number of nitrogens with zero attached hydrogens (tertiary/aromatic N) is 4. The average molecular weight is 537 g/mol. The minimum Gasteiger partial charge on any atom is -0.477 e. The van der Waals surface area contributed by atoms with Crippen LogP contribution in [-0.4, -0.2) is 78.3 Å². The zero-order valence-electron chi connectivity index (χ0n) is 18.9. The fraction of sp³-hybridized carbons (Fsp3) is 0.350. The Morgan fingerprint density at radius 1 is 1.42 bits per heavy atom. The van der Waals surface area contributed by atoms with Gasteiger partial charge in [-0.1, -0.05) is 16.9 Å². The van der Waals surface area contributed by atoms with Gasteiger partial charge in [0.1, 0.15) is 24.2 Å².